The molecule has 0 bridgehead atoms. The lowest BCUT2D eigenvalue weighted by atomic mass is 10.0. The molecular formula is C26H22ClN3O5. The van der Waals surface area contributed by atoms with Gasteiger partial charge in [-0.05, 0) is 48.0 Å². The summed E-state index contributed by atoms with van der Waals surface area (Å²) in [6.07, 6.45) is 2.88. The first-order chi connectivity index (χ1) is 17.0. The number of halogens is 1. The summed E-state index contributed by atoms with van der Waals surface area (Å²) in [6.45, 7) is -0.233. The summed E-state index contributed by atoms with van der Waals surface area (Å²) in [5, 5.41) is 5.77. The van der Waals surface area contributed by atoms with E-state index in [1.165, 1.54) is 23.5 Å². The largest absolute Gasteiger partial charge is 0.467 e. The van der Waals surface area contributed by atoms with Gasteiger partial charge in [0.1, 0.15) is 11.8 Å². The summed E-state index contributed by atoms with van der Waals surface area (Å²) in [4.78, 5) is 40.7. The van der Waals surface area contributed by atoms with Gasteiger partial charge in [0.2, 0.25) is 11.8 Å². The van der Waals surface area contributed by atoms with Crippen molar-refractivity contribution in [3.8, 4) is 0 Å². The number of nitrogens with zero attached hydrogens (tertiary/aromatic N) is 1. The number of nitrogens with one attached hydrogen (secondary N) is 2. The predicted molar refractivity (Wildman–Crippen MR) is 130 cm³/mol. The zero-order valence-electron chi connectivity index (χ0n) is 18.5. The molecule has 3 amide bonds. The van der Waals surface area contributed by atoms with Crippen molar-refractivity contribution in [2.75, 3.05) is 11.4 Å². The second kappa shape index (κ2) is 11.2. The van der Waals surface area contributed by atoms with Crippen LogP contribution >= 0.6 is 11.6 Å². The molecular weight excluding hydrogens is 470 g/mol. The summed E-state index contributed by atoms with van der Waals surface area (Å²) >= 11 is 6.21. The number of rotatable bonds is 9. The molecule has 178 valence electrons. The van der Waals surface area contributed by atoms with Gasteiger partial charge in [0.25, 0.3) is 5.91 Å². The monoisotopic (exact) mass is 491 g/mol. The molecule has 0 saturated heterocycles. The van der Waals surface area contributed by atoms with Crippen LogP contribution in [0.1, 0.15) is 27.9 Å². The van der Waals surface area contributed by atoms with Crippen molar-refractivity contribution in [3.05, 3.63) is 113 Å². The average Bonchev–Trinajstić information content (AvgIpc) is 3.59. The third-order valence-electron chi connectivity index (χ3n) is 5.14. The van der Waals surface area contributed by atoms with Gasteiger partial charge in [-0.3, -0.25) is 19.3 Å². The quantitative estimate of drug-likeness (QED) is 0.362. The van der Waals surface area contributed by atoms with Crippen molar-refractivity contribution in [2.24, 2.45) is 0 Å². The Hall–Kier alpha value is -4.30. The van der Waals surface area contributed by atoms with Gasteiger partial charge in [-0.1, -0.05) is 48.0 Å². The first-order valence-corrected chi connectivity index (χ1v) is 11.1. The van der Waals surface area contributed by atoms with Crippen LogP contribution in [0.15, 0.2) is 100 Å². The lowest BCUT2D eigenvalue weighted by Gasteiger charge is -2.31. The molecule has 9 heteroatoms. The molecule has 35 heavy (non-hydrogen) atoms. The fraction of sp³-hybridized carbons (Fsp3) is 0.115. The molecule has 1 atom stereocenters. The van der Waals surface area contributed by atoms with E-state index in [4.69, 9.17) is 20.4 Å². The van der Waals surface area contributed by atoms with Crippen LogP contribution in [0.4, 0.5) is 5.69 Å². The van der Waals surface area contributed by atoms with Gasteiger partial charge < -0.3 is 19.5 Å². The van der Waals surface area contributed by atoms with E-state index in [0.717, 1.165) is 0 Å². The van der Waals surface area contributed by atoms with Crippen LogP contribution in [-0.2, 0) is 16.1 Å². The van der Waals surface area contributed by atoms with E-state index in [-0.39, 0.29) is 18.8 Å². The Bertz CT molecular complexity index is 1270. The Kier molecular flexibility index (Phi) is 7.64. The molecule has 4 aromatic rings. The van der Waals surface area contributed by atoms with Crippen molar-refractivity contribution in [1.82, 2.24) is 10.6 Å². The summed E-state index contributed by atoms with van der Waals surface area (Å²) in [5.41, 5.74) is 0.979. The van der Waals surface area contributed by atoms with E-state index < -0.39 is 23.8 Å². The topological polar surface area (TPSA) is 105 Å². The molecule has 0 unspecified atom stereocenters. The SMILES string of the molecule is O=C(NCC(=O)N(c1cccc(Cl)c1)[C@H](C(=O)NCc1ccco1)c1ccccc1)c1ccco1. The highest BCUT2D eigenvalue weighted by Gasteiger charge is 2.33. The maximum absolute atomic E-state index is 13.5. The number of carbonyl (C=O) groups is 3. The molecule has 0 spiro atoms. The fourth-order valence-corrected chi connectivity index (χ4v) is 3.72. The van der Waals surface area contributed by atoms with Gasteiger partial charge in [-0.25, -0.2) is 0 Å². The molecule has 0 fully saturated rings. The van der Waals surface area contributed by atoms with Crippen LogP contribution in [0.25, 0.3) is 0 Å². The van der Waals surface area contributed by atoms with E-state index in [2.05, 4.69) is 10.6 Å². The summed E-state index contributed by atoms with van der Waals surface area (Å²) < 4.78 is 10.4. The minimum absolute atomic E-state index is 0.0721. The van der Waals surface area contributed by atoms with Crippen molar-refractivity contribution < 1.29 is 23.2 Å². The zero-order valence-corrected chi connectivity index (χ0v) is 19.3. The number of carbonyl (C=O) groups excluding carboxylic acids is 3. The fourth-order valence-electron chi connectivity index (χ4n) is 3.54. The zero-order chi connectivity index (χ0) is 24.6. The van der Waals surface area contributed by atoms with Gasteiger partial charge in [0.05, 0.1) is 25.6 Å². The van der Waals surface area contributed by atoms with Crippen LogP contribution in [0, 0.1) is 0 Å². The van der Waals surface area contributed by atoms with E-state index in [1.807, 2.05) is 6.07 Å². The molecule has 0 radical (unpaired) electrons. The van der Waals surface area contributed by atoms with E-state index in [9.17, 15) is 14.4 Å². The van der Waals surface area contributed by atoms with Gasteiger partial charge in [-0.15, -0.1) is 0 Å². The smallest absolute Gasteiger partial charge is 0.287 e. The number of hydrogen-bond donors (Lipinski definition) is 2. The van der Waals surface area contributed by atoms with Crippen molar-refractivity contribution >= 4 is 35.0 Å². The van der Waals surface area contributed by atoms with E-state index in [1.54, 1.807) is 66.7 Å². The summed E-state index contributed by atoms with van der Waals surface area (Å²) in [6, 6.07) is 21.0. The minimum atomic E-state index is -1.04. The first-order valence-electron chi connectivity index (χ1n) is 10.8. The van der Waals surface area contributed by atoms with Crippen LogP contribution in [0.3, 0.4) is 0 Å². The highest BCUT2D eigenvalue weighted by atomic mass is 35.5. The Morgan fingerprint density at radius 1 is 0.857 bits per heavy atom. The number of anilines is 1. The van der Waals surface area contributed by atoms with E-state index in [0.29, 0.717) is 22.0 Å². The molecule has 8 nitrogen and oxygen atoms in total. The number of hydrogen-bond acceptors (Lipinski definition) is 5. The molecule has 0 saturated carbocycles. The first kappa shape index (κ1) is 23.8. The van der Waals surface area contributed by atoms with Crippen molar-refractivity contribution in [2.45, 2.75) is 12.6 Å². The standard InChI is InChI=1S/C26H22ClN3O5/c27-19-9-4-10-20(15-19)30(23(31)17-29-25(32)22-12-6-14-35-22)24(18-7-2-1-3-8-18)26(33)28-16-21-11-5-13-34-21/h1-15,24H,16-17H2,(H,28,33)(H,29,32)/t24-/m0/s1. The second-order valence-corrected chi connectivity index (χ2v) is 7.95. The third kappa shape index (κ3) is 5.99. The minimum Gasteiger partial charge on any atom is -0.467 e. The van der Waals surface area contributed by atoms with Crippen LogP contribution in [0.2, 0.25) is 5.02 Å². The lowest BCUT2D eigenvalue weighted by molar-refractivity contribution is -0.126. The summed E-state index contributed by atoms with van der Waals surface area (Å²) in [7, 11) is 0. The van der Waals surface area contributed by atoms with Gasteiger partial charge in [0.15, 0.2) is 5.76 Å². The summed E-state index contributed by atoms with van der Waals surface area (Å²) in [5.74, 6) is -0.861. The Morgan fingerprint density at radius 2 is 1.63 bits per heavy atom. The second-order valence-electron chi connectivity index (χ2n) is 7.51. The van der Waals surface area contributed by atoms with E-state index >= 15 is 0 Å². The highest BCUT2D eigenvalue weighted by molar-refractivity contribution is 6.31. The van der Waals surface area contributed by atoms with Crippen LogP contribution in [-0.4, -0.2) is 24.3 Å². The third-order valence-corrected chi connectivity index (χ3v) is 5.37. The Labute approximate surface area is 206 Å². The molecule has 0 aliphatic rings. The molecule has 2 heterocycles. The van der Waals surface area contributed by atoms with Gasteiger partial charge in [0, 0.05) is 10.7 Å². The average molecular weight is 492 g/mol. The molecule has 2 aromatic carbocycles. The normalized spacial score (nSPS) is 11.5. The van der Waals surface area contributed by atoms with Crippen LogP contribution < -0.4 is 15.5 Å². The van der Waals surface area contributed by atoms with Crippen molar-refractivity contribution in [1.29, 1.82) is 0 Å². The molecule has 0 aliphatic carbocycles. The van der Waals surface area contributed by atoms with Crippen LogP contribution in [0.5, 0.6) is 0 Å². The maximum atomic E-state index is 13.5. The maximum Gasteiger partial charge on any atom is 0.287 e. The van der Waals surface area contributed by atoms with Crippen molar-refractivity contribution in [3.63, 3.8) is 0 Å². The molecule has 0 aliphatic heterocycles. The predicted octanol–water partition coefficient (Wildman–Crippen LogP) is 4.35. The van der Waals surface area contributed by atoms with Gasteiger partial charge >= 0.3 is 0 Å². The number of furan rings is 2. The number of amides is 3. The lowest BCUT2D eigenvalue weighted by Crippen LogP contribution is -2.47. The Morgan fingerprint density at radius 3 is 2.31 bits per heavy atom. The molecule has 2 N–H and O–H groups in total. The highest BCUT2D eigenvalue weighted by Crippen LogP contribution is 2.30. The van der Waals surface area contributed by atoms with Gasteiger partial charge in [-0.2, -0.15) is 0 Å². The Balaban J connectivity index is 1.65. The molecule has 4 rings (SSSR count). The number of benzene rings is 2. The molecule has 2 aromatic heterocycles.